The number of rotatable bonds is 3. The van der Waals surface area contributed by atoms with E-state index >= 15 is 0 Å². The van der Waals surface area contributed by atoms with Gasteiger partial charge in [0.05, 0.1) is 0 Å². The van der Waals surface area contributed by atoms with Gasteiger partial charge in [0.2, 0.25) is 0 Å². The molecule has 1 heterocycles. The van der Waals surface area contributed by atoms with Gasteiger partial charge < -0.3 is 5.32 Å². The molecule has 0 amide bonds. The van der Waals surface area contributed by atoms with Crippen molar-refractivity contribution in [1.82, 2.24) is 10.2 Å². The molecule has 1 saturated heterocycles. The van der Waals surface area contributed by atoms with E-state index in [2.05, 4.69) is 70.0 Å². The molecule has 2 nitrogen and oxygen atoms in total. The van der Waals surface area contributed by atoms with Gasteiger partial charge in [-0.15, -0.1) is 0 Å². The Balaban J connectivity index is 2.16. The Bertz CT molecular complexity index is 473. The van der Waals surface area contributed by atoms with E-state index in [4.69, 9.17) is 0 Å². The average molecular weight is 288 g/mol. The minimum absolute atomic E-state index is 0.318. The molecule has 0 radical (unpaired) electrons. The molecule has 0 spiro atoms. The molecule has 21 heavy (non-hydrogen) atoms. The topological polar surface area (TPSA) is 15.3 Å². The largest absolute Gasteiger partial charge is 0.311 e. The molecule has 2 unspecified atom stereocenters. The lowest BCUT2D eigenvalue weighted by atomic mass is 9.84. The smallest absolute Gasteiger partial charge is 0.0244 e. The predicted octanol–water partition coefficient (Wildman–Crippen LogP) is 3.90. The molecule has 1 aromatic rings. The second-order valence-electron chi connectivity index (χ2n) is 7.75. The first kappa shape index (κ1) is 16.5. The van der Waals surface area contributed by atoms with Gasteiger partial charge in [-0.05, 0) is 36.8 Å². The lowest BCUT2D eigenvalue weighted by molar-refractivity contribution is 0.0773. The summed E-state index contributed by atoms with van der Waals surface area (Å²) in [6.45, 7) is 17.1. The first-order valence-corrected chi connectivity index (χ1v) is 8.34. The molecule has 1 aliphatic heterocycles. The van der Waals surface area contributed by atoms with Gasteiger partial charge in [-0.1, -0.05) is 51.5 Å². The van der Waals surface area contributed by atoms with Crippen LogP contribution >= 0.6 is 0 Å². The number of piperazine rings is 1. The summed E-state index contributed by atoms with van der Waals surface area (Å²) in [5.74, 6) is 0. The highest BCUT2D eigenvalue weighted by molar-refractivity contribution is 5.30. The van der Waals surface area contributed by atoms with Gasteiger partial charge in [-0.3, -0.25) is 4.90 Å². The van der Waals surface area contributed by atoms with Gasteiger partial charge in [0.1, 0.15) is 0 Å². The third-order valence-electron chi connectivity index (χ3n) is 4.93. The van der Waals surface area contributed by atoms with Crippen LogP contribution in [0.15, 0.2) is 18.2 Å². The monoisotopic (exact) mass is 288 g/mol. The summed E-state index contributed by atoms with van der Waals surface area (Å²) in [6, 6.07) is 8.06. The number of hydrogen-bond donors (Lipinski definition) is 1. The van der Waals surface area contributed by atoms with Crippen LogP contribution in [0.4, 0.5) is 0 Å². The van der Waals surface area contributed by atoms with Crippen molar-refractivity contribution in [2.45, 2.75) is 66.6 Å². The summed E-state index contributed by atoms with van der Waals surface area (Å²) in [4.78, 5) is 2.69. The van der Waals surface area contributed by atoms with Gasteiger partial charge in [-0.2, -0.15) is 0 Å². The molecular weight excluding hydrogens is 256 g/mol. The summed E-state index contributed by atoms with van der Waals surface area (Å²) in [7, 11) is 0. The van der Waals surface area contributed by atoms with Gasteiger partial charge in [-0.25, -0.2) is 0 Å². The maximum absolute atomic E-state index is 3.76. The zero-order valence-electron chi connectivity index (χ0n) is 14.7. The third kappa shape index (κ3) is 4.08. The highest BCUT2D eigenvalue weighted by Crippen LogP contribution is 2.26. The first-order chi connectivity index (χ1) is 9.81. The predicted molar refractivity (Wildman–Crippen MR) is 91.7 cm³/mol. The molecule has 1 N–H and O–H groups in total. The van der Waals surface area contributed by atoms with Crippen LogP contribution in [-0.4, -0.2) is 30.1 Å². The molecule has 0 saturated carbocycles. The van der Waals surface area contributed by atoms with Gasteiger partial charge in [0, 0.05) is 31.7 Å². The summed E-state index contributed by atoms with van der Waals surface area (Å²) < 4.78 is 0. The minimum Gasteiger partial charge on any atom is -0.311 e. The Labute approximate surface area is 130 Å². The summed E-state index contributed by atoms with van der Waals surface area (Å²) in [5, 5.41) is 3.76. The number of aryl methyl sites for hydroxylation is 2. The van der Waals surface area contributed by atoms with Crippen LogP contribution in [0.1, 0.15) is 50.8 Å². The van der Waals surface area contributed by atoms with Crippen molar-refractivity contribution in [1.29, 1.82) is 0 Å². The van der Waals surface area contributed by atoms with Crippen molar-refractivity contribution >= 4 is 0 Å². The van der Waals surface area contributed by atoms with Gasteiger partial charge in [0.15, 0.2) is 0 Å². The Kier molecular flexibility index (Phi) is 5.11. The van der Waals surface area contributed by atoms with E-state index in [0.717, 1.165) is 19.6 Å². The van der Waals surface area contributed by atoms with Crippen molar-refractivity contribution in [2.75, 3.05) is 13.1 Å². The lowest BCUT2D eigenvalue weighted by Gasteiger charge is -2.45. The van der Waals surface area contributed by atoms with E-state index in [0.29, 0.717) is 17.5 Å². The van der Waals surface area contributed by atoms with Crippen LogP contribution in [0.2, 0.25) is 0 Å². The van der Waals surface area contributed by atoms with Crippen LogP contribution in [0.3, 0.4) is 0 Å². The van der Waals surface area contributed by atoms with Crippen LogP contribution in [-0.2, 0) is 6.54 Å². The molecule has 1 aliphatic rings. The Morgan fingerprint density at radius 3 is 2.57 bits per heavy atom. The quantitative estimate of drug-likeness (QED) is 0.907. The average Bonchev–Trinajstić information content (AvgIpc) is 2.42. The van der Waals surface area contributed by atoms with E-state index in [9.17, 15) is 0 Å². The summed E-state index contributed by atoms with van der Waals surface area (Å²) >= 11 is 0. The SMILES string of the molecule is CCC1CNC(C(C)(C)C)CN1Cc1cc(C)ccc1C. The molecule has 118 valence electrons. The third-order valence-corrected chi connectivity index (χ3v) is 4.93. The molecule has 0 aromatic heterocycles. The van der Waals surface area contributed by atoms with E-state index in [1.165, 1.54) is 23.1 Å². The maximum atomic E-state index is 3.76. The van der Waals surface area contributed by atoms with Crippen molar-refractivity contribution in [2.24, 2.45) is 5.41 Å². The Morgan fingerprint density at radius 1 is 1.24 bits per heavy atom. The van der Waals surface area contributed by atoms with Gasteiger partial charge >= 0.3 is 0 Å². The zero-order chi connectivity index (χ0) is 15.6. The van der Waals surface area contributed by atoms with Crippen LogP contribution < -0.4 is 5.32 Å². The number of hydrogen-bond acceptors (Lipinski definition) is 2. The van der Waals surface area contributed by atoms with Crippen LogP contribution in [0.25, 0.3) is 0 Å². The second kappa shape index (κ2) is 6.50. The summed E-state index contributed by atoms with van der Waals surface area (Å²) in [5.41, 5.74) is 4.59. The van der Waals surface area contributed by atoms with E-state index in [1.807, 2.05) is 0 Å². The fourth-order valence-electron chi connectivity index (χ4n) is 3.22. The first-order valence-electron chi connectivity index (χ1n) is 8.34. The Hall–Kier alpha value is -0.860. The molecule has 2 atom stereocenters. The second-order valence-corrected chi connectivity index (χ2v) is 7.75. The van der Waals surface area contributed by atoms with E-state index in [-0.39, 0.29) is 0 Å². The Morgan fingerprint density at radius 2 is 1.95 bits per heavy atom. The minimum atomic E-state index is 0.318. The number of nitrogens with one attached hydrogen (secondary N) is 1. The molecule has 0 bridgehead atoms. The fourth-order valence-corrected chi connectivity index (χ4v) is 3.22. The highest BCUT2D eigenvalue weighted by atomic mass is 15.2. The normalized spacial score (nSPS) is 24.3. The maximum Gasteiger partial charge on any atom is 0.0244 e. The van der Waals surface area contributed by atoms with Crippen LogP contribution in [0.5, 0.6) is 0 Å². The van der Waals surface area contributed by atoms with Crippen molar-refractivity contribution in [3.63, 3.8) is 0 Å². The van der Waals surface area contributed by atoms with E-state index < -0.39 is 0 Å². The molecule has 1 fully saturated rings. The van der Waals surface area contributed by atoms with Crippen LogP contribution in [0, 0.1) is 19.3 Å². The molecule has 2 heteroatoms. The standard InChI is InChI=1S/C19H32N2/c1-7-17-11-20-18(19(4,5)6)13-21(17)12-16-10-14(2)8-9-15(16)3/h8-10,17-18,20H,7,11-13H2,1-6H3. The molecule has 2 rings (SSSR count). The number of nitrogens with zero attached hydrogens (tertiary/aromatic N) is 1. The molecular formula is C19H32N2. The fraction of sp³-hybridized carbons (Fsp3) is 0.684. The van der Waals surface area contributed by atoms with E-state index in [1.54, 1.807) is 0 Å². The molecule has 1 aromatic carbocycles. The highest BCUT2D eigenvalue weighted by Gasteiger charge is 2.33. The van der Waals surface area contributed by atoms with Crippen molar-refractivity contribution < 1.29 is 0 Å². The van der Waals surface area contributed by atoms with Crippen molar-refractivity contribution in [3.05, 3.63) is 34.9 Å². The lowest BCUT2D eigenvalue weighted by Crippen LogP contribution is -2.59. The summed E-state index contributed by atoms with van der Waals surface area (Å²) in [6.07, 6.45) is 1.22. The van der Waals surface area contributed by atoms with Gasteiger partial charge in [0.25, 0.3) is 0 Å². The molecule has 0 aliphatic carbocycles. The van der Waals surface area contributed by atoms with Crippen molar-refractivity contribution in [3.8, 4) is 0 Å². The number of benzene rings is 1. The zero-order valence-corrected chi connectivity index (χ0v) is 14.7.